The van der Waals surface area contributed by atoms with Gasteiger partial charge in [-0.1, -0.05) is 23.5 Å². The molecule has 214 valence electrons. The summed E-state index contributed by atoms with van der Waals surface area (Å²) in [6, 6.07) is 0. The molecule has 1 fully saturated rings. The fourth-order valence-electron chi connectivity index (χ4n) is 1.26. The second-order valence-corrected chi connectivity index (χ2v) is 24.0. The van der Waals surface area contributed by atoms with Gasteiger partial charge in [0.15, 0.2) is 10.2 Å². The van der Waals surface area contributed by atoms with Gasteiger partial charge in [-0.15, -0.1) is 29.0 Å². The molecule has 1 aliphatic heterocycles. The van der Waals surface area contributed by atoms with Crippen molar-refractivity contribution < 1.29 is 51.7 Å². The van der Waals surface area contributed by atoms with Crippen LogP contribution < -0.4 is 23.9 Å². The summed E-state index contributed by atoms with van der Waals surface area (Å²) in [7, 11) is 3.13. The molecule has 4 amide bonds. The SMILES string of the molecule is CC(=O)SCC(=O)ON1C(=O)CCC1=O.CNC(=O)CS.CNC(=O)CSC(C)=O.I.II.I[I-]I. The number of thiol groups is 1. The summed E-state index contributed by atoms with van der Waals surface area (Å²) >= 11 is 15.0. The van der Waals surface area contributed by atoms with Gasteiger partial charge in [-0.3, -0.25) is 28.8 Å². The van der Waals surface area contributed by atoms with Gasteiger partial charge in [-0.25, -0.2) is 4.79 Å². The minimum absolute atomic E-state index is 0. The zero-order chi connectivity index (χ0) is 28.4. The van der Waals surface area contributed by atoms with Gasteiger partial charge >= 0.3 is 56.5 Å². The number of carbonyl (C=O) groups excluding carboxylic acids is 7. The maximum atomic E-state index is 11.1. The number of halogens is 6. The van der Waals surface area contributed by atoms with E-state index in [0.29, 0.717) is 18.3 Å². The fourth-order valence-corrected chi connectivity index (χ4v) is 2.28. The van der Waals surface area contributed by atoms with Gasteiger partial charge in [0.05, 0.1) is 11.5 Å². The Morgan fingerprint density at radius 2 is 1.28 bits per heavy atom. The van der Waals surface area contributed by atoms with Crippen molar-refractivity contribution in [3.8, 4) is 0 Å². The summed E-state index contributed by atoms with van der Waals surface area (Å²) < 4.78 is 0. The van der Waals surface area contributed by atoms with Gasteiger partial charge < -0.3 is 15.5 Å². The average Bonchev–Trinajstić information content (AvgIpc) is 3.15. The summed E-state index contributed by atoms with van der Waals surface area (Å²) in [6.45, 7) is 2.75. The van der Waals surface area contributed by atoms with Crippen LogP contribution in [-0.4, -0.2) is 76.2 Å². The van der Waals surface area contributed by atoms with E-state index in [-0.39, 0.29) is 76.1 Å². The van der Waals surface area contributed by atoms with E-state index in [1.807, 2.05) is 0 Å². The first-order valence-electron chi connectivity index (χ1n) is 8.76. The summed E-state index contributed by atoms with van der Waals surface area (Å²) in [6.07, 6.45) is 0.123. The molecule has 0 atom stereocenters. The van der Waals surface area contributed by atoms with Crippen molar-refractivity contribution in [2.75, 3.05) is 31.4 Å². The molecule has 1 heterocycles. The number of carbonyl (C=O) groups is 7. The number of rotatable bonds is 6. The summed E-state index contributed by atoms with van der Waals surface area (Å²) in [5.74, 6) is -1.69. The van der Waals surface area contributed by atoms with Crippen molar-refractivity contribution in [2.45, 2.75) is 26.7 Å². The average molecular weight is 1250 g/mol. The first-order chi connectivity index (χ1) is 16.4. The second kappa shape index (κ2) is 35.3. The molecular weight excluding hydrogens is 1220 g/mol. The Hall–Kier alpha value is 2.32. The Morgan fingerprint density at radius 1 is 0.917 bits per heavy atom. The number of imide groups is 1. The Labute approximate surface area is 294 Å². The van der Waals surface area contributed by atoms with Crippen molar-refractivity contribution >= 4 is 174 Å². The molecule has 1 aliphatic rings. The minimum atomic E-state index is -0.779. The van der Waals surface area contributed by atoms with Crippen LogP contribution >= 0.6 is 135 Å². The molecule has 20 heteroatoms. The van der Waals surface area contributed by atoms with Crippen molar-refractivity contribution in [1.82, 2.24) is 15.7 Å². The molecule has 0 aromatic carbocycles. The molecule has 0 aliphatic carbocycles. The van der Waals surface area contributed by atoms with Crippen LogP contribution in [0.25, 0.3) is 0 Å². The zero-order valence-corrected chi connectivity index (χ0v) is 35.0. The molecule has 0 spiro atoms. The molecule has 1 rings (SSSR count). The third kappa shape index (κ3) is 36.3. The van der Waals surface area contributed by atoms with Crippen LogP contribution in [0.4, 0.5) is 0 Å². The first-order valence-corrected chi connectivity index (χ1v) is 30.2. The van der Waals surface area contributed by atoms with Gasteiger partial charge in [0.1, 0.15) is 5.75 Å². The molecule has 0 unspecified atom stereocenters. The third-order valence-electron chi connectivity index (χ3n) is 2.70. The van der Waals surface area contributed by atoms with Crippen molar-refractivity contribution in [2.24, 2.45) is 0 Å². The van der Waals surface area contributed by atoms with E-state index in [2.05, 4.69) is 103 Å². The Balaban J connectivity index is -0.000000131. The number of thioether (sulfide) groups is 2. The molecule has 0 aromatic heterocycles. The molecule has 1 saturated heterocycles. The predicted octanol–water partition coefficient (Wildman–Crippen LogP) is 0.712. The molecule has 0 aromatic rings. The number of hydrogen-bond donors (Lipinski definition) is 3. The Kier molecular flexibility index (Phi) is 47.2. The Morgan fingerprint density at radius 3 is 1.56 bits per heavy atom. The van der Waals surface area contributed by atoms with E-state index < -0.39 is 17.8 Å². The maximum absolute atomic E-state index is 11.1. The molecule has 0 radical (unpaired) electrons. The van der Waals surface area contributed by atoms with Crippen LogP contribution in [-0.2, 0) is 38.4 Å². The number of amides is 4. The molecule has 2 N–H and O–H groups in total. The molecule has 36 heavy (non-hydrogen) atoms. The monoisotopic (exact) mass is 1250 g/mol. The third-order valence-corrected chi connectivity index (χ3v) is 4.59. The topological polar surface area (TPSA) is 156 Å². The molecule has 0 saturated carbocycles. The summed E-state index contributed by atoms with van der Waals surface area (Å²) in [5.41, 5.74) is 0. The van der Waals surface area contributed by atoms with Crippen LogP contribution in [0.5, 0.6) is 0 Å². The van der Waals surface area contributed by atoms with Crippen LogP contribution in [0.1, 0.15) is 26.7 Å². The second-order valence-electron chi connectivity index (χ2n) is 5.16. The van der Waals surface area contributed by atoms with E-state index in [4.69, 9.17) is 0 Å². The van der Waals surface area contributed by atoms with Gasteiger partial charge in [-0.2, -0.15) is 12.6 Å². The molecule has 11 nitrogen and oxygen atoms in total. The number of hydrogen-bond acceptors (Lipinski definition) is 11. The standard InChI is InChI=1S/C8H9NO5S.C5H9NO2S.C3H7NOS.I3.I2.HI/c1-5(10)15-4-8(13)14-9-6(11)2-3-7(9)12;1-4(7)9-3-5(8)6-2;1-4-3(5)2-6;1-3-2;1-2;/h2-4H2,1H3;3H2,1-2H3,(H,6,8);6H,2H2,1H3,(H,4,5);;;1H/q;;;-1;;. The van der Waals surface area contributed by atoms with E-state index in [1.165, 1.54) is 13.8 Å². The van der Waals surface area contributed by atoms with Crippen LogP contribution in [0, 0.1) is 0 Å². The van der Waals surface area contributed by atoms with Crippen molar-refractivity contribution in [3.63, 3.8) is 0 Å². The number of hydroxylamine groups is 2. The van der Waals surface area contributed by atoms with Crippen molar-refractivity contribution in [3.05, 3.63) is 0 Å². The van der Waals surface area contributed by atoms with Gasteiger partial charge in [0.2, 0.25) is 11.8 Å². The fraction of sp³-hybridized carbons (Fsp3) is 0.562. The van der Waals surface area contributed by atoms with Crippen molar-refractivity contribution in [1.29, 1.82) is 0 Å². The van der Waals surface area contributed by atoms with Gasteiger partial charge in [0.25, 0.3) is 11.8 Å². The van der Waals surface area contributed by atoms with E-state index >= 15 is 0 Å². The Bertz CT molecular complexity index is 674. The van der Waals surface area contributed by atoms with Crippen LogP contribution in [0.3, 0.4) is 0 Å². The first kappa shape index (κ1) is 48.1. The normalized spacial score (nSPS) is 10.8. The number of nitrogens with one attached hydrogen (secondary N) is 2. The van der Waals surface area contributed by atoms with Crippen LogP contribution in [0.15, 0.2) is 0 Å². The molecule has 0 bridgehead atoms. The zero-order valence-electron chi connectivity index (χ0n) is 19.3. The van der Waals surface area contributed by atoms with Gasteiger partial charge in [0, 0.05) is 78.0 Å². The van der Waals surface area contributed by atoms with Gasteiger partial charge in [-0.05, 0) is 0 Å². The predicted molar refractivity (Wildman–Crippen MR) is 187 cm³/mol. The van der Waals surface area contributed by atoms with E-state index in [9.17, 15) is 33.6 Å². The summed E-state index contributed by atoms with van der Waals surface area (Å²) in [5, 5.41) is 5.01. The number of nitrogens with zero attached hydrogens (tertiary/aromatic N) is 1. The van der Waals surface area contributed by atoms with Crippen LogP contribution in [0.2, 0.25) is 0 Å². The summed E-state index contributed by atoms with van der Waals surface area (Å²) in [4.78, 5) is 78.8. The quantitative estimate of drug-likeness (QED) is 0.197. The molecular formula is C16H26I6N3O8S3-. The van der Waals surface area contributed by atoms with E-state index in [1.54, 1.807) is 14.1 Å². The van der Waals surface area contributed by atoms with E-state index in [0.717, 1.165) is 23.5 Å².